The number of para-hydroxylation sites is 1. The Morgan fingerprint density at radius 2 is 1.87 bits per heavy atom. The molecule has 0 bridgehead atoms. The van der Waals surface area contributed by atoms with E-state index in [4.69, 9.17) is 15.2 Å². The van der Waals surface area contributed by atoms with E-state index >= 15 is 0 Å². The number of carbonyl (C=O) groups excluding carboxylic acids is 1. The summed E-state index contributed by atoms with van der Waals surface area (Å²) in [4.78, 5) is 16.9. The van der Waals surface area contributed by atoms with Gasteiger partial charge in [-0.25, -0.2) is 4.98 Å². The maximum Gasteiger partial charge on any atom is 0.259 e. The Kier molecular flexibility index (Phi) is 7.03. The lowest BCUT2D eigenvalue weighted by Gasteiger charge is -2.12. The van der Waals surface area contributed by atoms with Crippen LogP contribution in [-0.2, 0) is 17.8 Å². The summed E-state index contributed by atoms with van der Waals surface area (Å²) in [5.74, 6) is 1.42. The van der Waals surface area contributed by atoms with Crippen molar-refractivity contribution in [1.29, 1.82) is 0 Å². The minimum absolute atomic E-state index is 0.178. The molecule has 6 nitrogen and oxygen atoms in total. The number of pyridine rings is 1. The second-order valence-electron chi connectivity index (χ2n) is 7.06. The predicted octanol–water partition coefficient (Wildman–Crippen LogP) is 5.12. The Morgan fingerprint density at radius 1 is 1.13 bits per heavy atom. The fourth-order valence-electron chi connectivity index (χ4n) is 3.14. The smallest absolute Gasteiger partial charge is 0.259 e. The molecule has 30 heavy (non-hydrogen) atoms. The van der Waals surface area contributed by atoms with Crippen LogP contribution in [0.25, 0.3) is 0 Å². The second-order valence-corrected chi connectivity index (χ2v) is 7.06. The Morgan fingerprint density at radius 3 is 2.57 bits per heavy atom. The van der Waals surface area contributed by atoms with Crippen LogP contribution in [0.4, 0.5) is 11.5 Å². The third-order valence-electron chi connectivity index (χ3n) is 4.71. The van der Waals surface area contributed by atoms with Crippen LogP contribution in [0.1, 0.15) is 40.5 Å². The van der Waals surface area contributed by atoms with E-state index in [2.05, 4.69) is 23.3 Å². The fourth-order valence-corrected chi connectivity index (χ4v) is 3.14. The quantitative estimate of drug-likeness (QED) is 0.543. The van der Waals surface area contributed by atoms with Crippen molar-refractivity contribution in [2.45, 2.75) is 33.3 Å². The van der Waals surface area contributed by atoms with Crippen molar-refractivity contribution in [3.05, 3.63) is 77.0 Å². The van der Waals surface area contributed by atoms with Crippen molar-refractivity contribution in [1.82, 2.24) is 4.98 Å². The van der Waals surface area contributed by atoms with E-state index in [-0.39, 0.29) is 11.7 Å². The highest BCUT2D eigenvalue weighted by Crippen LogP contribution is 2.27. The number of nitrogens with zero attached hydrogens (tertiary/aromatic N) is 1. The highest BCUT2D eigenvalue weighted by atomic mass is 16.5. The molecule has 2 aromatic carbocycles. The van der Waals surface area contributed by atoms with Crippen molar-refractivity contribution in [3.8, 4) is 11.5 Å². The number of hydrogen-bond donors (Lipinski definition) is 2. The van der Waals surface area contributed by atoms with Crippen molar-refractivity contribution in [3.63, 3.8) is 0 Å². The summed E-state index contributed by atoms with van der Waals surface area (Å²) in [5, 5.41) is 2.85. The fraction of sp³-hybridized carbons (Fsp3) is 0.250. The normalized spacial score (nSPS) is 10.6. The van der Waals surface area contributed by atoms with E-state index in [1.54, 1.807) is 25.3 Å². The standard InChI is InChI=1S/C24H27N3O3/c1-4-7-17-8-5-6-9-22(17)30-19-12-10-18(11-13-19)26-24(28)20-14-16(2)21(15-29-3)27-23(20)25/h5-6,8-14H,4,7,15H2,1-3H3,(H2,25,27)(H,26,28). The molecule has 3 rings (SSSR count). The van der Waals surface area contributed by atoms with Crippen LogP contribution in [0.3, 0.4) is 0 Å². The van der Waals surface area contributed by atoms with Crippen molar-refractivity contribution in [2.24, 2.45) is 0 Å². The third-order valence-corrected chi connectivity index (χ3v) is 4.71. The maximum atomic E-state index is 12.7. The van der Waals surface area contributed by atoms with Gasteiger partial charge >= 0.3 is 0 Å². The molecule has 0 saturated heterocycles. The molecule has 0 unspecified atom stereocenters. The average molecular weight is 405 g/mol. The van der Waals surface area contributed by atoms with Gasteiger partial charge in [0, 0.05) is 12.8 Å². The SMILES string of the molecule is CCCc1ccccc1Oc1ccc(NC(=O)c2cc(C)c(COC)nc2N)cc1. The molecular formula is C24H27N3O3. The molecule has 0 aliphatic rings. The van der Waals surface area contributed by atoms with Crippen LogP contribution >= 0.6 is 0 Å². The van der Waals surface area contributed by atoms with Crippen LogP contribution in [0.5, 0.6) is 11.5 Å². The molecular weight excluding hydrogens is 378 g/mol. The zero-order chi connectivity index (χ0) is 21.5. The minimum atomic E-state index is -0.311. The van der Waals surface area contributed by atoms with Gasteiger partial charge in [0.15, 0.2) is 0 Å². The Bertz CT molecular complexity index is 1020. The molecule has 0 aliphatic carbocycles. The van der Waals surface area contributed by atoms with E-state index in [0.717, 1.165) is 29.8 Å². The summed E-state index contributed by atoms with van der Waals surface area (Å²) in [6.45, 7) is 4.37. The number of benzene rings is 2. The second kappa shape index (κ2) is 9.89. The summed E-state index contributed by atoms with van der Waals surface area (Å²) >= 11 is 0. The monoisotopic (exact) mass is 405 g/mol. The first-order valence-electron chi connectivity index (χ1n) is 9.94. The highest BCUT2D eigenvalue weighted by molar-refractivity contribution is 6.07. The largest absolute Gasteiger partial charge is 0.457 e. The van der Waals surface area contributed by atoms with Crippen LogP contribution in [0.2, 0.25) is 0 Å². The minimum Gasteiger partial charge on any atom is -0.457 e. The first-order chi connectivity index (χ1) is 14.5. The number of rotatable bonds is 8. The van der Waals surface area contributed by atoms with Gasteiger partial charge in [-0.05, 0) is 60.9 Å². The molecule has 0 atom stereocenters. The molecule has 3 N–H and O–H groups in total. The number of nitrogens with two attached hydrogens (primary N) is 1. The van der Waals surface area contributed by atoms with Crippen molar-refractivity contribution in [2.75, 3.05) is 18.2 Å². The number of methoxy groups -OCH3 is 1. The van der Waals surface area contributed by atoms with Crippen molar-refractivity contribution >= 4 is 17.4 Å². The average Bonchev–Trinajstić information content (AvgIpc) is 2.73. The van der Waals surface area contributed by atoms with Gasteiger partial charge in [-0.1, -0.05) is 31.5 Å². The van der Waals surface area contributed by atoms with Gasteiger partial charge in [0.2, 0.25) is 0 Å². The van der Waals surface area contributed by atoms with Gasteiger partial charge < -0.3 is 20.5 Å². The zero-order valence-corrected chi connectivity index (χ0v) is 17.6. The summed E-state index contributed by atoms with van der Waals surface area (Å²) in [6.07, 6.45) is 2.01. The third kappa shape index (κ3) is 5.15. The lowest BCUT2D eigenvalue weighted by atomic mass is 10.1. The summed E-state index contributed by atoms with van der Waals surface area (Å²) in [7, 11) is 1.59. The predicted molar refractivity (Wildman–Crippen MR) is 119 cm³/mol. The van der Waals surface area contributed by atoms with E-state index in [0.29, 0.717) is 23.6 Å². The number of aryl methyl sites for hydroxylation is 2. The summed E-state index contributed by atoms with van der Waals surface area (Å²) in [5.41, 5.74) is 9.70. The lowest BCUT2D eigenvalue weighted by molar-refractivity contribution is 0.102. The Labute approximate surface area is 177 Å². The van der Waals surface area contributed by atoms with Crippen LogP contribution in [0.15, 0.2) is 54.6 Å². The molecule has 156 valence electrons. The Hall–Kier alpha value is -3.38. The Balaban J connectivity index is 1.70. The van der Waals surface area contributed by atoms with Gasteiger partial charge in [-0.3, -0.25) is 4.79 Å². The number of aromatic nitrogens is 1. The number of nitrogen functional groups attached to an aromatic ring is 1. The van der Waals surface area contributed by atoms with E-state index in [1.165, 1.54) is 5.56 Å². The van der Waals surface area contributed by atoms with Crippen LogP contribution < -0.4 is 15.8 Å². The highest BCUT2D eigenvalue weighted by Gasteiger charge is 2.14. The number of hydrogen-bond acceptors (Lipinski definition) is 5. The summed E-state index contributed by atoms with van der Waals surface area (Å²) < 4.78 is 11.1. The van der Waals surface area contributed by atoms with Gasteiger partial charge in [0.25, 0.3) is 5.91 Å². The van der Waals surface area contributed by atoms with Crippen molar-refractivity contribution < 1.29 is 14.3 Å². The van der Waals surface area contributed by atoms with Crippen LogP contribution in [0, 0.1) is 6.92 Å². The van der Waals surface area contributed by atoms with Gasteiger partial charge in [-0.2, -0.15) is 0 Å². The van der Waals surface area contributed by atoms with Gasteiger partial charge in [0.05, 0.1) is 17.9 Å². The van der Waals surface area contributed by atoms with E-state index in [1.807, 2.05) is 37.3 Å². The molecule has 0 spiro atoms. The molecule has 1 amide bonds. The number of nitrogens with one attached hydrogen (secondary N) is 1. The molecule has 1 aromatic heterocycles. The number of ether oxygens (including phenoxy) is 2. The summed E-state index contributed by atoms with van der Waals surface area (Å²) in [6, 6.07) is 17.0. The molecule has 6 heteroatoms. The lowest BCUT2D eigenvalue weighted by Crippen LogP contribution is -2.16. The van der Waals surface area contributed by atoms with Gasteiger partial charge in [-0.15, -0.1) is 0 Å². The maximum absolute atomic E-state index is 12.7. The molecule has 3 aromatic rings. The molecule has 0 aliphatic heterocycles. The number of amides is 1. The zero-order valence-electron chi connectivity index (χ0n) is 17.6. The van der Waals surface area contributed by atoms with Crippen LogP contribution in [-0.4, -0.2) is 18.0 Å². The first-order valence-corrected chi connectivity index (χ1v) is 9.94. The first kappa shape index (κ1) is 21.3. The molecule has 1 heterocycles. The number of carbonyl (C=O) groups is 1. The van der Waals surface area contributed by atoms with Gasteiger partial charge in [0.1, 0.15) is 17.3 Å². The molecule has 0 fully saturated rings. The number of anilines is 2. The molecule has 0 radical (unpaired) electrons. The van der Waals surface area contributed by atoms with E-state index in [9.17, 15) is 4.79 Å². The van der Waals surface area contributed by atoms with E-state index < -0.39 is 0 Å². The topological polar surface area (TPSA) is 86.5 Å². The molecule has 0 saturated carbocycles.